The molecule has 0 aliphatic rings. The minimum Gasteiger partial charge on any atom is -0.370 e. The number of aromatic nitrogens is 4. The maximum atomic E-state index is 5.90. The van der Waals surface area contributed by atoms with Crippen LogP contribution < -0.4 is 5.32 Å². The second-order valence-corrected chi connectivity index (χ2v) is 4.79. The summed E-state index contributed by atoms with van der Waals surface area (Å²) >= 11 is 7.38. The van der Waals surface area contributed by atoms with Crippen molar-refractivity contribution in [2.75, 3.05) is 18.1 Å². The van der Waals surface area contributed by atoms with E-state index in [1.165, 1.54) is 11.8 Å². The van der Waals surface area contributed by atoms with E-state index in [0.29, 0.717) is 10.3 Å². The number of halogens is 1. The molecule has 0 saturated carbocycles. The lowest BCUT2D eigenvalue weighted by Crippen LogP contribution is -2.06. The second kappa shape index (κ2) is 6.61. The Bertz CT molecular complexity index is 488. The molecule has 0 aromatic carbocycles. The first kappa shape index (κ1) is 13.2. The van der Waals surface area contributed by atoms with Crippen LogP contribution in [0.3, 0.4) is 0 Å². The van der Waals surface area contributed by atoms with E-state index in [1.807, 2.05) is 12.5 Å². The molecule has 0 unspecified atom stereocenters. The highest BCUT2D eigenvalue weighted by Gasteiger charge is 2.02. The molecule has 0 bridgehead atoms. The number of aromatic amines is 1. The molecule has 96 valence electrons. The van der Waals surface area contributed by atoms with Gasteiger partial charge in [-0.15, -0.1) is 0 Å². The van der Waals surface area contributed by atoms with E-state index < -0.39 is 0 Å². The number of rotatable bonds is 6. The third-order valence-corrected chi connectivity index (χ3v) is 3.05. The zero-order chi connectivity index (χ0) is 12.8. The van der Waals surface area contributed by atoms with Gasteiger partial charge in [0.25, 0.3) is 0 Å². The fraction of sp³-hybridized carbons (Fsp3) is 0.364. The largest absolute Gasteiger partial charge is 0.370 e. The lowest BCUT2D eigenvalue weighted by molar-refractivity contribution is 0.810. The summed E-state index contributed by atoms with van der Waals surface area (Å²) in [4.78, 5) is 15.6. The molecule has 2 aromatic heterocycles. The normalized spacial score (nSPS) is 10.6. The Labute approximate surface area is 115 Å². The first-order valence-corrected chi connectivity index (χ1v) is 7.19. The molecule has 0 spiro atoms. The highest BCUT2D eigenvalue weighted by molar-refractivity contribution is 7.98. The lowest BCUT2D eigenvalue weighted by Gasteiger charge is -2.06. The van der Waals surface area contributed by atoms with Crippen LogP contribution in [-0.2, 0) is 6.42 Å². The van der Waals surface area contributed by atoms with Crippen molar-refractivity contribution in [1.82, 2.24) is 19.9 Å². The van der Waals surface area contributed by atoms with Crippen LogP contribution in [-0.4, -0.2) is 32.7 Å². The zero-order valence-electron chi connectivity index (χ0n) is 9.98. The Morgan fingerprint density at radius 2 is 2.33 bits per heavy atom. The summed E-state index contributed by atoms with van der Waals surface area (Å²) < 4.78 is 0. The van der Waals surface area contributed by atoms with E-state index in [9.17, 15) is 0 Å². The summed E-state index contributed by atoms with van der Waals surface area (Å²) in [7, 11) is 0. The minimum absolute atomic E-state index is 0.461. The molecule has 2 rings (SSSR count). The smallest absolute Gasteiger partial charge is 0.190 e. The maximum Gasteiger partial charge on any atom is 0.190 e. The minimum atomic E-state index is 0.461. The van der Waals surface area contributed by atoms with Gasteiger partial charge in [-0.2, -0.15) is 0 Å². The molecule has 0 atom stereocenters. The number of hydrogen-bond donors (Lipinski definition) is 2. The summed E-state index contributed by atoms with van der Waals surface area (Å²) in [5, 5.41) is 4.37. The van der Waals surface area contributed by atoms with Gasteiger partial charge >= 0.3 is 0 Å². The van der Waals surface area contributed by atoms with Crippen LogP contribution >= 0.6 is 23.4 Å². The summed E-state index contributed by atoms with van der Waals surface area (Å²) in [5.41, 5.74) is 0. The topological polar surface area (TPSA) is 66.5 Å². The first-order valence-electron chi connectivity index (χ1n) is 5.58. The van der Waals surface area contributed by atoms with Crippen LogP contribution in [0.5, 0.6) is 0 Å². The van der Waals surface area contributed by atoms with Crippen LogP contribution in [0.4, 0.5) is 5.82 Å². The fourth-order valence-corrected chi connectivity index (χ4v) is 2.10. The first-order chi connectivity index (χ1) is 8.78. The number of anilines is 1. The van der Waals surface area contributed by atoms with Crippen molar-refractivity contribution in [3.63, 3.8) is 0 Å². The number of nitrogens with one attached hydrogen (secondary N) is 2. The molecular weight excluding hydrogens is 270 g/mol. The van der Waals surface area contributed by atoms with E-state index in [4.69, 9.17) is 11.6 Å². The van der Waals surface area contributed by atoms with Crippen molar-refractivity contribution in [3.05, 3.63) is 29.4 Å². The van der Waals surface area contributed by atoms with Gasteiger partial charge in [0.05, 0.1) is 0 Å². The molecule has 0 aliphatic heterocycles. The predicted molar refractivity (Wildman–Crippen MR) is 74.2 cm³/mol. The third kappa shape index (κ3) is 3.89. The van der Waals surface area contributed by atoms with Crippen molar-refractivity contribution in [3.8, 4) is 0 Å². The second-order valence-electron chi connectivity index (χ2n) is 3.63. The molecule has 0 radical (unpaired) electrons. The van der Waals surface area contributed by atoms with E-state index in [0.717, 1.165) is 31.0 Å². The molecule has 2 aromatic rings. The highest BCUT2D eigenvalue weighted by Crippen LogP contribution is 2.17. The number of H-pyrrole nitrogens is 1. The Balaban J connectivity index is 1.81. The average molecular weight is 284 g/mol. The van der Waals surface area contributed by atoms with Crippen molar-refractivity contribution in [1.29, 1.82) is 0 Å². The van der Waals surface area contributed by atoms with Gasteiger partial charge in [0, 0.05) is 31.4 Å². The molecule has 18 heavy (non-hydrogen) atoms. The fourth-order valence-electron chi connectivity index (χ4n) is 1.49. The maximum absolute atomic E-state index is 5.90. The van der Waals surface area contributed by atoms with Gasteiger partial charge in [-0.05, 0) is 12.7 Å². The van der Waals surface area contributed by atoms with Gasteiger partial charge in [0.15, 0.2) is 5.16 Å². The van der Waals surface area contributed by atoms with Crippen LogP contribution in [0.1, 0.15) is 12.2 Å². The van der Waals surface area contributed by atoms with Gasteiger partial charge in [-0.1, -0.05) is 23.4 Å². The monoisotopic (exact) mass is 283 g/mol. The standard InChI is InChI=1S/C11H14ClN5S/c1-18-11-16-8(12)7-10(17-11)13-4-2-3-9-14-5-6-15-9/h5-7H,2-4H2,1H3,(H,14,15)(H,13,16,17). The summed E-state index contributed by atoms with van der Waals surface area (Å²) in [5.74, 6) is 1.76. The molecule has 0 aliphatic carbocycles. The van der Waals surface area contributed by atoms with Crippen LogP contribution in [0.25, 0.3) is 0 Å². The molecule has 0 fully saturated rings. The van der Waals surface area contributed by atoms with E-state index in [2.05, 4.69) is 25.3 Å². The molecule has 0 amide bonds. The Kier molecular flexibility index (Phi) is 4.83. The van der Waals surface area contributed by atoms with Crippen LogP contribution in [0, 0.1) is 0 Å². The molecule has 5 nitrogen and oxygen atoms in total. The predicted octanol–water partition coefficient (Wildman–Crippen LogP) is 2.62. The van der Waals surface area contributed by atoms with Crippen molar-refractivity contribution in [2.45, 2.75) is 18.0 Å². The quantitative estimate of drug-likeness (QED) is 0.369. The van der Waals surface area contributed by atoms with Crippen molar-refractivity contribution in [2.24, 2.45) is 0 Å². The summed E-state index contributed by atoms with van der Waals surface area (Å²) in [6.07, 6.45) is 7.40. The molecule has 2 heterocycles. The summed E-state index contributed by atoms with van der Waals surface area (Å²) in [6.45, 7) is 0.821. The summed E-state index contributed by atoms with van der Waals surface area (Å²) in [6, 6.07) is 1.73. The Morgan fingerprint density at radius 1 is 1.44 bits per heavy atom. The van der Waals surface area contributed by atoms with Gasteiger partial charge in [0.1, 0.15) is 16.8 Å². The average Bonchev–Trinajstić information content (AvgIpc) is 2.87. The van der Waals surface area contributed by atoms with Gasteiger partial charge in [0.2, 0.25) is 0 Å². The zero-order valence-corrected chi connectivity index (χ0v) is 11.6. The van der Waals surface area contributed by atoms with Gasteiger partial charge in [-0.3, -0.25) is 0 Å². The number of hydrogen-bond acceptors (Lipinski definition) is 5. The van der Waals surface area contributed by atoms with E-state index in [1.54, 1.807) is 12.3 Å². The van der Waals surface area contributed by atoms with Crippen LogP contribution in [0.2, 0.25) is 5.15 Å². The number of imidazole rings is 1. The van der Waals surface area contributed by atoms with Gasteiger partial charge < -0.3 is 10.3 Å². The molecule has 0 saturated heterocycles. The molecule has 2 N–H and O–H groups in total. The molecular formula is C11H14ClN5S. The van der Waals surface area contributed by atoms with Crippen molar-refractivity contribution >= 4 is 29.2 Å². The van der Waals surface area contributed by atoms with E-state index >= 15 is 0 Å². The molecule has 7 heteroatoms. The van der Waals surface area contributed by atoms with Crippen molar-refractivity contribution < 1.29 is 0 Å². The number of nitrogens with zero attached hydrogens (tertiary/aromatic N) is 3. The van der Waals surface area contributed by atoms with E-state index in [-0.39, 0.29) is 0 Å². The number of aryl methyl sites for hydroxylation is 1. The van der Waals surface area contributed by atoms with Crippen LogP contribution in [0.15, 0.2) is 23.6 Å². The lowest BCUT2D eigenvalue weighted by atomic mass is 10.3. The SMILES string of the molecule is CSc1nc(Cl)cc(NCCCc2ncc[nH]2)n1. The Morgan fingerprint density at radius 3 is 3.06 bits per heavy atom. The Hall–Kier alpha value is -1.27. The third-order valence-electron chi connectivity index (χ3n) is 2.31. The van der Waals surface area contributed by atoms with Gasteiger partial charge in [-0.25, -0.2) is 15.0 Å². The highest BCUT2D eigenvalue weighted by atomic mass is 35.5. The number of thioether (sulfide) groups is 1.